The molecule has 86 valence electrons. The summed E-state index contributed by atoms with van der Waals surface area (Å²) in [7, 11) is 0. The third kappa shape index (κ3) is 2.18. The molecular weight excluding hydrogens is 204 g/mol. The van der Waals surface area contributed by atoms with Crippen molar-refractivity contribution in [2.75, 3.05) is 0 Å². The van der Waals surface area contributed by atoms with Crippen LogP contribution in [0.2, 0.25) is 0 Å². The van der Waals surface area contributed by atoms with E-state index in [4.69, 9.17) is 9.84 Å². The summed E-state index contributed by atoms with van der Waals surface area (Å²) in [6.07, 6.45) is 1.06. The number of rotatable bonds is 2. The lowest BCUT2D eigenvalue weighted by molar-refractivity contribution is -0.137. The maximum Gasteiger partial charge on any atom is 0.303 e. The van der Waals surface area contributed by atoms with Gasteiger partial charge in [-0.05, 0) is 31.9 Å². The van der Waals surface area contributed by atoms with Crippen molar-refractivity contribution in [2.24, 2.45) is 0 Å². The normalized spacial score (nSPS) is 23.4. The van der Waals surface area contributed by atoms with Gasteiger partial charge in [0.25, 0.3) is 0 Å². The lowest BCUT2D eigenvalue weighted by Gasteiger charge is -2.29. The van der Waals surface area contributed by atoms with Crippen LogP contribution in [0, 0.1) is 6.92 Å². The molecule has 0 saturated carbocycles. The average Bonchev–Trinajstić information content (AvgIpc) is 2.18. The second kappa shape index (κ2) is 4.16. The number of hydrogen-bond acceptors (Lipinski definition) is 2. The molecule has 0 amide bonds. The summed E-state index contributed by atoms with van der Waals surface area (Å²) in [5.41, 5.74) is 2.19. The number of carboxylic acid groups (broad SMARTS) is 1. The fraction of sp³-hybridized carbons (Fsp3) is 0.462. The molecule has 0 fully saturated rings. The quantitative estimate of drug-likeness (QED) is 0.833. The molecule has 1 aliphatic heterocycles. The summed E-state index contributed by atoms with van der Waals surface area (Å²) in [4.78, 5) is 10.8. The first kappa shape index (κ1) is 11.0. The van der Waals surface area contributed by atoms with Crippen LogP contribution in [-0.4, -0.2) is 17.2 Å². The van der Waals surface area contributed by atoms with E-state index in [0.29, 0.717) is 0 Å². The molecule has 3 nitrogen and oxygen atoms in total. The summed E-state index contributed by atoms with van der Waals surface area (Å²) in [5.74, 6) is 0.179. The number of aliphatic carboxylic acids is 1. The second-order valence-corrected chi connectivity index (χ2v) is 4.50. The van der Waals surface area contributed by atoms with E-state index in [1.165, 1.54) is 0 Å². The van der Waals surface area contributed by atoms with E-state index in [9.17, 15) is 4.79 Å². The summed E-state index contributed by atoms with van der Waals surface area (Å²) in [6, 6.07) is 5.97. The first-order chi connectivity index (χ1) is 7.56. The van der Waals surface area contributed by atoms with Crippen LogP contribution in [0.15, 0.2) is 18.2 Å². The molecule has 16 heavy (non-hydrogen) atoms. The van der Waals surface area contributed by atoms with Gasteiger partial charge >= 0.3 is 5.97 Å². The van der Waals surface area contributed by atoms with Crippen LogP contribution in [0.25, 0.3) is 0 Å². The Balaban J connectivity index is 2.35. The molecular formula is C13H16O3. The smallest absolute Gasteiger partial charge is 0.303 e. The molecule has 1 aromatic rings. The van der Waals surface area contributed by atoms with Crippen LogP contribution in [0.3, 0.4) is 0 Å². The first-order valence-corrected chi connectivity index (χ1v) is 5.55. The van der Waals surface area contributed by atoms with Crippen LogP contribution >= 0.6 is 0 Å². The van der Waals surface area contributed by atoms with Crippen molar-refractivity contribution in [1.29, 1.82) is 0 Å². The van der Waals surface area contributed by atoms with E-state index in [0.717, 1.165) is 23.3 Å². The fourth-order valence-corrected chi connectivity index (χ4v) is 2.29. The Hall–Kier alpha value is -1.51. The van der Waals surface area contributed by atoms with Gasteiger partial charge in [-0.25, -0.2) is 0 Å². The minimum absolute atomic E-state index is 0.0798. The number of ether oxygens (including phenoxy) is 1. The molecule has 0 saturated heterocycles. The highest BCUT2D eigenvalue weighted by atomic mass is 16.5. The zero-order valence-corrected chi connectivity index (χ0v) is 9.56. The topological polar surface area (TPSA) is 46.5 Å². The van der Waals surface area contributed by atoms with Crippen molar-refractivity contribution in [3.05, 3.63) is 29.3 Å². The molecule has 1 aliphatic rings. The Morgan fingerprint density at radius 2 is 2.31 bits per heavy atom. The lowest BCUT2D eigenvalue weighted by atomic mass is 9.87. The molecule has 1 aromatic carbocycles. The van der Waals surface area contributed by atoms with E-state index in [2.05, 4.69) is 0 Å². The SMILES string of the molecule is Cc1ccc2c(c1)C(CC(=O)O)CC(C)O2. The summed E-state index contributed by atoms with van der Waals surface area (Å²) >= 11 is 0. The van der Waals surface area contributed by atoms with Gasteiger partial charge in [-0.15, -0.1) is 0 Å². The predicted octanol–water partition coefficient (Wildman–Crippen LogP) is 2.72. The van der Waals surface area contributed by atoms with Gasteiger partial charge in [-0.3, -0.25) is 4.79 Å². The highest BCUT2D eigenvalue weighted by Gasteiger charge is 2.27. The molecule has 2 atom stereocenters. The number of hydrogen-bond donors (Lipinski definition) is 1. The van der Waals surface area contributed by atoms with E-state index in [1.807, 2.05) is 32.0 Å². The van der Waals surface area contributed by atoms with Crippen molar-refractivity contribution >= 4 is 5.97 Å². The van der Waals surface area contributed by atoms with Gasteiger partial charge in [0.15, 0.2) is 0 Å². The van der Waals surface area contributed by atoms with E-state index in [1.54, 1.807) is 0 Å². The average molecular weight is 220 g/mol. The third-order valence-electron chi connectivity index (χ3n) is 2.97. The molecule has 1 N–H and O–H groups in total. The largest absolute Gasteiger partial charge is 0.490 e. The zero-order valence-electron chi connectivity index (χ0n) is 9.56. The summed E-state index contributed by atoms with van der Waals surface area (Å²) in [6.45, 7) is 3.99. The molecule has 0 radical (unpaired) electrons. The molecule has 2 rings (SSSR count). The van der Waals surface area contributed by atoms with Gasteiger partial charge in [0.05, 0.1) is 12.5 Å². The van der Waals surface area contributed by atoms with Gasteiger partial charge in [0, 0.05) is 5.92 Å². The maximum absolute atomic E-state index is 10.8. The Labute approximate surface area is 95.0 Å². The highest BCUT2D eigenvalue weighted by Crippen LogP contribution is 2.38. The van der Waals surface area contributed by atoms with Crippen LogP contribution < -0.4 is 4.74 Å². The monoisotopic (exact) mass is 220 g/mol. The first-order valence-electron chi connectivity index (χ1n) is 5.55. The van der Waals surface area contributed by atoms with Gasteiger partial charge < -0.3 is 9.84 Å². The Bertz CT molecular complexity index is 412. The van der Waals surface area contributed by atoms with E-state index >= 15 is 0 Å². The number of aryl methyl sites for hydroxylation is 1. The Morgan fingerprint density at radius 3 is 3.00 bits per heavy atom. The minimum Gasteiger partial charge on any atom is -0.490 e. The molecule has 3 heteroatoms. The van der Waals surface area contributed by atoms with Crippen molar-refractivity contribution in [2.45, 2.75) is 38.7 Å². The third-order valence-corrected chi connectivity index (χ3v) is 2.97. The number of fused-ring (bicyclic) bond motifs is 1. The maximum atomic E-state index is 10.8. The molecule has 0 aromatic heterocycles. The predicted molar refractivity (Wildman–Crippen MR) is 60.9 cm³/mol. The lowest BCUT2D eigenvalue weighted by Crippen LogP contribution is -2.24. The highest BCUT2D eigenvalue weighted by molar-refractivity contribution is 5.68. The molecule has 0 spiro atoms. The standard InChI is InChI=1S/C13H16O3/c1-8-3-4-12-11(5-8)10(7-13(14)15)6-9(2)16-12/h3-5,9-10H,6-7H2,1-2H3,(H,14,15). The minimum atomic E-state index is -0.744. The van der Waals surface area contributed by atoms with Crippen molar-refractivity contribution in [1.82, 2.24) is 0 Å². The molecule has 2 unspecified atom stereocenters. The zero-order chi connectivity index (χ0) is 11.7. The number of carboxylic acids is 1. The number of carbonyl (C=O) groups is 1. The summed E-state index contributed by atoms with van der Waals surface area (Å²) in [5, 5.41) is 8.91. The van der Waals surface area contributed by atoms with Gasteiger partial charge in [0.1, 0.15) is 5.75 Å². The number of benzene rings is 1. The Kier molecular flexibility index (Phi) is 2.86. The van der Waals surface area contributed by atoms with E-state index in [-0.39, 0.29) is 18.4 Å². The van der Waals surface area contributed by atoms with Gasteiger partial charge in [-0.2, -0.15) is 0 Å². The van der Waals surface area contributed by atoms with Gasteiger partial charge in [0.2, 0.25) is 0 Å². The van der Waals surface area contributed by atoms with E-state index < -0.39 is 5.97 Å². The van der Waals surface area contributed by atoms with Crippen LogP contribution in [-0.2, 0) is 4.79 Å². The van der Waals surface area contributed by atoms with Crippen LogP contribution in [0.5, 0.6) is 5.75 Å². The molecule has 1 heterocycles. The molecule has 0 bridgehead atoms. The van der Waals surface area contributed by atoms with Gasteiger partial charge in [-0.1, -0.05) is 17.7 Å². The van der Waals surface area contributed by atoms with Crippen molar-refractivity contribution < 1.29 is 14.6 Å². The van der Waals surface area contributed by atoms with Crippen molar-refractivity contribution in [3.8, 4) is 5.75 Å². The fourth-order valence-electron chi connectivity index (χ4n) is 2.29. The molecule has 0 aliphatic carbocycles. The summed E-state index contributed by atoms with van der Waals surface area (Å²) < 4.78 is 5.71. The van der Waals surface area contributed by atoms with Crippen LogP contribution in [0.4, 0.5) is 0 Å². The second-order valence-electron chi connectivity index (χ2n) is 4.50. The van der Waals surface area contributed by atoms with Crippen molar-refractivity contribution in [3.63, 3.8) is 0 Å². The Morgan fingerprint density at radius 1 is 1.56 bits per heavy atom. The van der Waals surface area contributed by atoms with Crippen LogP contribution in [0.1, 0.15) is 36.8 Å².